The molecule has 0 N–H and O–H groups in total. The van der Waals surface area contributed by atoms with E-state index in [2.05, 4.69) is 30.1 Å². The van der Waals surface area contributed by atoms with Crippen molar-refractivity contribution in [1.29, 1.82) is 0 Å². The minimum Gasteiger partial charge on any atom is -0.287 e. The van der Waals surface area contributed by atoms with E-state index in [1.54, 1.807) is 0 Å². The molecule has 3 aromatic rings. The molecule has 0 aliphatic heterocycles. The van der Waals surface area contributed by atoms with Gasteiger partial charge < -0.3 is 0 Å². The van der Waals surface area contributed by atoms with Crippen LogP contribution in [0.5, 0.6) is 0 Å². The molecule has 0 amide bonds. The van der Waals surface area contributed by atoms with Crippen LogP contribution < -0.4 is 0 Å². The number of hydrogen-bond acceptors (Lipinski definition) is 3. The van der Waals surface area contributed by atoms with Crippen LogP contribution in [0.1, 0.15) is 52.4 Å². The summed E-state index contributed by atoms with van der Waals surface area (Å²) in [7, 11) is 0. The number of fused-ring (bicyclic) bond motifs is 2. The zero-order valence-electron chi connectivity index (χ0n) is 15.9. The van der Waals surface area contributed by atoms with Crippen molar-refractivity contribution in [3.8, 4) is 0 Å². The number of rotatable bonds is 7. The van der Waals surface area contributed by atoms with E-state index < -0.39 is 0 Å². The molecule has 26 heavy (non-hydrogen) atoms. The molecule has 1 heterocycles. The van der Waals surface area contributed by atoms with Crippen molar-refractivity contribution in [1.82, 2.24) is 4.98 Å². The van der Waals surface area contributed by atoms with E-state index in [1.165, 1.54) is 48.2 Å². The standard InChI is InChI=1S/C13H9N.C10H20OS/c1-3-7-12-10(5-1)9-11-6-2-4-8-13(11)14-12;1-3-5-6-7-8-9-10(11)12-4-2/h1-9H;3-9H2,1-2H3. The molecule has 0 atom stereocenters. The van der Waals surface area contributed by atoms with Gasteiger partial charge in [0, 0.05) is 17.2 Å². The monoisotopic (exact) mass is 367 g/mol. The Morgan fingerprint density at radius 1 is 0.846 bits per heavy atom. The summed E-state index contributed by atoms with van der Waals surface area (Å²) < 4.78 is 0. The highest BCUT2D eigenvalue weighted by molar-refractivity contribution is 8.13. The fraction of sp³-hybridized carbons (Fsp3) is 0.391. The summed E-state index contributed by atoms with van der Waals surface area (Å²) in [6, 6.07) is 18.6. The van der Waals surface area contributed by atoms with Gasteiger partial charge in [0.15, 0.2) is 5.12 Å². The van der Waals surface area contributed by atoms with Crippen molar-refractivity contribution in [2.45, 2.75) is 52.4 Å². The molecule has 1 aromatic heterocycles. The summed E-state index contributed by atoms with van der Waals surface area (Å²) in [6.07, 6.45) is 6.98. The molecule has 0 bridgehead atoms. The first-order valence-corrected chi connectivity index (χ1v) is 10.6. The van der Waals surface area contributed by atoms with Crippen molar-refractivity contribution in [2.75, 3.05) is 5.75 Å². The van der Waals surface area contributed by atoms with Crippen LogP contribution in [-0.4, -0.2) is 15.9 Å². The van der Waals surface area contributed by atoms with Gasteiger partial charge in [-0.1, -0.05) is 87.7 Å². The van der Waals surface area contributed by atoms with Crippen molar-refractivity contribution in [3.63, 3.8) is 0 Å². The fourth-order valence-corrected chi connectivity index (χ4v) is 3.44. The second-order valence-electron chi connectivity index (χ2n) is 6.34. The highest BCUT2D eigenvalue weighted by atomic mass is 32.2. The largest absolute Gasteiger partial charge is 0.287 e. The number of thioether (sulfide) groups is 1. The lowest BCUT2D eigenvalue weighted by Crippen LogP contribution is -1.91. The van der Waals surface area contributed by atoms with E-state index in [0.29, 0.717) is 5.12 Å². The zero-order chi connectivity index (χ0) is 18.6. The van der Waals surface area contributed by atoms with Gasteiger partial charge in [0.2, 0.25) is 0 Å². The van der Waals surface area contributed by atoms with E-state index in [9.17, 15) is 4.79 Å². The normalized spacial score (nSPS) is 10.5. The molecule has 0 unspecified atom stereocenters. The molecule has 3 rings (SSSR count). The number of unbranched alkanes of at least 4 members (excludes halogenated alkanes) is 4. The van der Waals surface area contributed by atoms with Gasteiger partial charge >= 0.3 is 0 Å². The molecule has 138 valence electrons. The number of nitrogens with zero attached hydrogens (tertiary/aromatic N) is 1. The van der Waals surface area contributed by atoms with Crippen LogP contribution in [0.4, 0.5) is 0 Å². The lowest BCUT2D eigenvalue weighted by molar-refractivity contribution is -0.111. The summed E-state index contributed by atoms with van der Waals surface area (Å²) in [4.78, 5) is 15.6. The molecule has 2 nitrogen and oxygen atoms in total. The zero-order valence-corrected chi connectivity index (χ0v) is 16.7. The predicted octanol–water partition coefficient (Wildman–Crippen LogP) is 7.01. The molecule has 0 saturated heterocycles. The van der Waals surface area contributed by atoms with Gasteiger partial charge in [-0.3, -0.25) is 4.79 Å². The van der Waals surface area contributed by atoms with E-state index >= 15 is 0 Å². The summed E-state index contributed by atoms with van der Waals surface area (Å²) in [6.45, 7) is 4.23. The maximum absolute atomic E-state index is 11.0. The molecule has 0 aliphatic rings. The quantitative estimate of drug-likeness (QED) is 0.332. The summed E-state index contributed by atoms with van der Waals surface area (Å²) >= 11 is 1.46. The third-order valence-electron chi connectivity index (χ3n) is 4.22. The van der Waals surface area contributed by atoms with Crippen LogP contribution in [0.15, 0.2) is 54.6 Å². The first-order valence-electron chi connectivity index (χ1n) is 9.64. The third-order valence-corrected chi connectivity index (χ3v) is 5.03. The Morgan fingerprint density at radius 2 is 1.42 bits per heavy atom. The van der Waals surface area contributed by atoms with Crippen molar-refractivity contribution in [3.05, 3.63) is 54.6 Å². The van der Waals surface area contributed by atoms with Crippen LogP contribution >= 0.6 is 11.8 Å². The Balaban J connectivity index is 0.000000191. The number of para-hydroxylation sites is 2. The van der Waals surface area contributed by atoms with Crippen LogP contribution in [0, 0.1) is 0 Å². The number of carbonyl (C=O) groups is 1. The van der Waals surface area contributed by atoms with Crippen LogP contribution in [0.2, 0.25) is 0 Å². The maximum Gasteiger partial charge on any atom is 0.188 e. The molecular weight excluding hydrogens is 338 g/mol. The molecule has 2 aromatic carbocycles. The van der Waals surface area contributed by atoms with E-state index in [4.69, 9.17) is 0 Å². The van der Waals surface area contributed by atoms with Gasteiger partial charge in [-0.25, -0.2) is 4.98 Å². The van der Waals surface area contributed by atoms with E-state index in [0.717, 1.165) is 29.6 Å². The lowest BCUT2D eigenvalue weighted by atomic mass is 10.1. The Labute approximate surface area is 161 Å². The Bertz CT molecular complexity index is 710. The SMILES string of the molecule is CCCCCCCC(=O)SCC.c1ccc2nc3ccccc3cc2c1. The number of pyridine rings is 1. The van der Waals surface area contributed by atoms with E-state index in [-0.39, 0.29) is 0 Å². The minimum atomic E-state index is 0.369. The fourth-order valence-electron chi connectivity index (χ4n) is 2.83. The first-order chi connectivity index (χ1) is 12.7. The molecule has 0 radical (unpaired) electrons. The smallest absolute Gasteiger partial charge is 0.188 e. The average molecular weight is 368 g/mol. The highest BCUT2D eigenvalue weighted by Gasteiger charge is 1.99. The molecule has 3 heteroatoms. The molecule has 0 fully saturated rings. The Hall–Kier alpha value is -1.87. The van der Waals surface area contributed by atoms with Crippen molar-refractivity contribution < 1.29 is 4.79 Å². The van der Waals surface area contributed by atoms with Gasteiger partial charge in [0.1, 0.15) is 0 Å². The van der Waals surface area contributed by atoms with Crippen LogP contribution in [-0.2, 0) is 4.79 Å². The molecule has 0 spiro atoms. The Morgan fingerprint density at radius 3 is 2.00 bits per heavy atom. The van der Waals surface area contributed by atoms with Crippen molar-refractivity contribution in [2.24, 2.45) is 0 Å². The Kier molecular flexibility index (Phi) is 9.19. The number of hydrogen-bond donors (Lipinski definition) is 0. The lowest BCUT2D eigenvalue weighted by Gasteiger charge is -1.99. The third kappa shape index (κ3) is 6.80. The number of aromatic nitrogens is 1. The van der Waals surface area contributed by atoms with Gasteiger partial charge in [0.05, 0.1) is 11.0 Å². The van der Waals surface area contributed by atoms with Gasteiger partial charge in [-0.05, 0) is 30.4 Å². The van der Waals surface area contributed by atoms with E-state index in [1.807, 2.05) is 43.3 Å². The van der Waals surface area contributed by atoms with Gasteiger partial charge in [-0.2, -0.15) is 0 Å². The average Bonchev–Trinajstić information content (AvgIpc) is 2.67. The first kappa shape index (κ1) is 20.4. The molecule has 0 saturated carbocycles. The molecule has 0 aliphatic carbocycles. The number of benzene rings is 2. The maximum atomic E-state index is 11.0. The van der Waals surface area contributed by atoms with Gasteiger partial charge in [-0.15, -0.1) is 0 Å². The highest BCUT2D eigenvalue weighted by Crippen LogP contribution is 2.18. The second-order valence-corrected chi connectivity index (χ2v) is 7.66. The number of carbonyl (C=O) groups excluding carboxylic acids is 1. The topological polar surface area (TPSA) is 30.0 Å². The minimum absolute atomic E-state index is 0.369. The second kappa shape index (κ2) is 11.7. The summed E-state index contributed by atoms with van der Waals surface area (Å²) in [5, 5.41) is 2.77. The van der Waals surface area contributed by atoms with Crippen LogP contribution in [0.25, 0.3) is 21.8 Å². The summed E-state index contributed by atoms with van der Waals surface area (Å²) in [5.74, 6) is 0.924. The molecular formula is C23H29NOS. The van der Waals surface area contributed by atoms with Crippen LogP contribution in [0.3, 0.4) is 0 Å². The predicted molar refractivity (Wildman–Crippen MR) is 116 cm³/mol. The summed E-state index contributed by atoms with van der Waals surface area (Å²) in [5.41, 5.74) is 2.12. The van der Waals surface area contributed by atoms with Crippen molar-refractivity contribution >= 4 is 38.7 Å². The van der Waals surface area contributed by atoms with Gasteiger partial charge in [0.25, 0.3) is 0 Å².